The van der Waals surface area contributed by atoms with E-state index in [1.807, 2.05) is 6.92 Å². The Labute approximate surface area is 180 Å². The lowest BCUT2D eigenvalue weighted by Crippen LogP contribution is -2.29. The number of hydrogen-bond donors (Lipinski definition) is 1. The molecular formula is C21H16N4O5S. The van der Waals surface area contributed by atoms with Gasteiger partial charge in [0.2, 0.25) is 5.13 Å². The molecular weight excluding hydrogens is 420 g/mol. The molecule has 9 nitrogen and oxygen atoms in total. The molecule has 0 saturated carbocycles. The maximum atomic E-state index is 13.0. The van der Waals surface area contributed by atoms with E-state index in [0.29, 0.717) is 16.1 Å². The zero-order valence-corrected chi connectivity index (χ0v) is 17.3. The van der Waals surface area contributed by atoms with E-state index in [9.17, 15) is 24.8 Å². The van der Waals surface area contributed by atoms with Crippen LogP contribution in [0.4, 0.5) is 10.8 Å². The van der Waals surface area contributed by atoms with E-state index >= 15 is 0 Å². The highest BCUT2D eigenvalue weighted by atomic mass is 32.1. The van der Waals surface area contributed by atoms with Gasteiger partial charge in [0.15, 0.2) is 0 Å². The maximum Gasteiger partial charge on any atom is 0.301 e. The van der Waals surface area contributed by atoms with Crippen molar-refractivity contribution >= 4 is 39.6 Å². The van der Waals surface area contributed by atoms with Crippen molar-refractivity contribution in [3.05, 3.63) is 85.9 Å². The third-order valence-electron chi connectivity index (χ3n) is 4.89. The minimum atomic E-state index is -1.09. The standard InChI is InChI=1S/C21H16N4O5S/c1-11-6-8-13(9-7-11)18(26)16-17(14-4-3-5-15(10-14)25(29)30)24(20(28)19(16)27)21-23-22-12(2)31-21/h3-10,17,26H,1-2H3/b18-16-. The van der Waals surface area contributed by atoms with Crippen molar-refractivity contribution < 1.29 is 19.6 Å². The molecule has 1 aliphatic rings. The molecule has 1 aromatic heterocycles. The van der Waals surface area contributed by atoms with Crippen molar-refractivity contribution in [1.82, 2.24) is 10.2 Å². The maximum absolute atomic E-state index is 13.0. The van der Waals surface area contributed by atoms with Crippen LogP contribution in [0, 0.1) is 24.0 Å². The topological polar surface area (TPSA) is 127 Å². The number of non-ortho nitro benzene ring substituents is 1. The number of aliphatic hydroxyl groups is 1. The van der Waals surface area contributed by atoms with Crippen molar-refractivity contribution in [1.29, 1.82) is 0 Å². The smallest absolute Gasteiger partial charge is 0.301 e. The number of hydrogen-bond acceptors (Lipinski definition) is 8. The van der Waals surface area contributed by atoms with Crippen LogP contribution in [0.2, 0.25) is 0 Å². The van der Waals surface area contributed by atoms with Crippen LogP contribution in [-0.4, -0.2) is 31.9 Å². The number of nitrogens with zero attached hydrogens (tertiary/aromatic N) is 4. The molecule has 0 spiro atoms. The van der Waals surface area contributed by atoms with E-state index in [1.165, 1.54) is 18.2 Å². The van der Waals surface area contributed by atoms with Gasteiger partial charge >= 0.3 is 5.91 Å². The fourth-order valence-corrected chi connectivity index (χ4v) is 4.12. The second-order valence-corrected chi connectivity index (χ2v) is 8.15. The summed E-state index contributed by atoms with van der Waals surface area (Å²) in [5.41, 5.74) is 1.24. The third-order valence-corrected chi connectivity index (χ3v) is 5.73. The summed E-state index contributed by atoms with van der Waals surface area (Å²) in [5, 5.41) is 30.9. The number of benzene rings is 2. The highest BCUT2D eigenvalue weighted by Crippen LogP contribution is 2.43. The van der Waals surface area contributed by atoms with Gasteiger partial charge in [-0.15, -0.1) is 10.2 Å². The first-order valence-corrected chi connectivity index (χ1v) is 10.0. The average molecular weight is 436 g/mol. The van der Waals surface area contributed by atoms with Crippen molar-refractivity contribution in [2.75, 3.05) is 4.90 Å². The van der Waals surface area contributed by atoms with Crippen LogP contribution in [0.1, 0.15) is 27.7 Å². The molecule has 1 N–H and O–H groups in total. The molecule has 0 aliphatic carbocycles. The molecule has 31 heavy (non-hydrogen) atoms. The van der Waals surface area contributed by atoms with Crippen LogP contribution in [0.3, 0.4) is 0 Å². The summed E-state index contributed by atoms with van der Waals surface area (Å²) in [6.45, 7) is 3.58. The van der Waals surface area contributed by atoms with Crippen LogP contribution in [-0.2, 0) is 9.59 Å². The Morgan fingerprint density at radius 1 is 1.13 bits per heavy atom. The van der Waals surface area contributed by atoms with E-state index in [0.717, 1.165) is 21.8 Å². The number of rotatable bonds is 4. The predicted octanol–water partition coefficient (Wildman–Crippen LogP) is 3.69. The highest BCUT2D eigenvalue weighted by molar-refractivity contribution is 7.15. The molecule has 156 valence electrons. The van der Waals surface area contributed by atoms with Crippen LogP contribution in [0.25, 0.3) is 5.76 Å². The van der Waals surface area contributed by atoms with Gasteiger partial charge in [-0.1, -0.05) is 53.3 Å². The quantitative estimate of drug-likeness (QED) is 0.217. The number of amides is 1. The molecule has 2 heterocycles. The number of Topliss-reactive ketones (excluding diaryl/α,β-unsaturated/α-hetero) is 1. The molecule has 4 rings (SSSR count). The van der Waals surface area contributed by atoms with Crippen molar-refractivity contribution in [3.63, 3.8) is 0 Å². The van der Waals surface area contributed by atoms with Crippen molar-refractivity contribution in [2.24, 2.45) is 0 Å². The van der Waals surface area contributed by atoms with E-state index in [2.05, 4.69) is 10.2 Å². The lowest BCUT2D eigenvalue weighted by Gasteiger charge is -2.22. The second kappa shape index (κ2) is 7.73. The normalized spacial score (nSPS) is 17.9. The first kappa shape index (κ1) is 20.4. The fraction of sp³-hybridized carbons (Fsp3) is 0.143. The predicted molar refractivity (Wildman–Crippen MR) is 114 cm³/mol. The Kier molecular flexibility index (Phi) is 5.07. The molecule has 1 fully saturated rings. The fourth-order valence-electron chi connectivity index (χ4n) is 3.40. The number of nitro groups is 1. The zero-order valence-electron chi connectivity index (χ0n) is 16.5. The summed E-state index contributed by atoms with van der Waals surface area (Å²) in [7, 11) is 0. The Hall–Kier alpha value is -3.92. The summed E-state index contributed by atoms with van der Waals surface area (Å²) in [4.78, 5) is 37.8. The largest absolute Gasteiger partial charge is 0.507 e. The number of anilines is 1. The highest BCUT2D eigenvalue weighted by Gasteiger charge is 2.48. The van der Waals surface area contributed by atoms with Crippen LogP contribution >= 0.6 is 11.3 Å². The Bertz CT molecular complexity index is 1250. The van der Waals surface area contributed by atoms with E-state index in [-0.39, 0.29) is 22.2 Å². The average Bonchev–Trinajstić information content (AvgIpc) is 3.29. The molecule has 1 aliphatic heterocycles. The molecule has 10 heteroatoms. The van der Waals surface area contributed by atoms with Gasteiger partial charge < -0.3 is 5.11 Å². The monoisotopic (exact) mass is 436 g/mol. The van der Waals surface area contributed by atoms with Crippen molar-refractivity contribution in [2.45, 2.75) is 19.9 Å². The molecule has 0 radical (unpaired) electrons. The number of carbonyl (C=O) groups is 2. The molecule has 1 atom stereocenters. The number of aryl methyl sites for hydroxylation is 2. The summed E-state index contributed by atoms with van der Waals surface area (Å²) in [6.07, 6.45) is 0. The minimum Gasteiger partial charge on any atom is -0.507 e. The molecule has 0 bridgehead atoms. The summed E-state index contributed by atoms with van der Waals surface area (Å²) >= 11 is 1.10. The molecule has 2 aromatic carbocycles. The second-order valence-electron chi connectivity index (χ2n) is 6.99. The zero-order chi connectivity index (χ0) is 22.3. The molecule has 3 aromatic rings. The number of aliphatic hydroxyl groups excluding tert-OH is 1. The Balaban J connectivity index is 1.96. The van der Waals surface area contributed by atoms with Gasteiger partial charge in [0.25, 0.3) is 11.5 Å². The SMILES string of the molecule is Cc1ccc(/C(O)=C2/C(=O)C(=O)N(c3nnc(C)s3)C2c2cccc([N+](=O)[O-])c2)cc1. The lowest BCUT2D eigenvalue weighted by molar-refractivity contribution is -0.384. The van der Waals surface area contributed by atoms with Crippen LogP contribution in [0.5, 0.6) is 0 Å². The first-order chi connectivity index (χ1) is 14.8. The Morgan fingerprint density at radius 3 is 2.45 bits per heavy atom. The Morgan fingerprint density at radius 2 is 1.84 bits per heavy atom. The van der Waals surface area contributed by atoms with E-state index in [4.69, 9.17) is 0 Å². The van der Waals surface area contributed by atoms with Gasteiger partial charge in [-0.05, 0) is 19.4 Å². The summed E-state index contributed by atoms with van der Waals surface area (Å²) < 4.78 is 0. The van der Waals surface area contributed by atoms with Gasteiger partial charge in [-0.25, -0.2) is 0 Å². The van der Waals surface area contributed by atoms with Crippen LogP contribution < -0.4 is 4.90 Å². The van der Waals surface area contributed by atoms with Gasteiger partial charge in [0.05, 0.1) is 16.5 Å². The number of aromatic nitrogens is 2. The minimum absolute atomic E-state index is 0.165. The van der Waals surface area contributed by atoms with Crippen molar-refractivity contribution in [3.8, 4) is 0 Å². The number of ketones is 1. The van der Waals surface area contributed by atoms with E-state index < -0.39 is 22.7 Å². The van der Waals surface area contributed by atoms with E-state index in [1.54, 1.807) is 37.3 Å². The van der Waals surface area contributed by atoms with Crippen LogP contribution in [0.15, 0.2) is 54.1 Å². The summed E-state index contributed by atoms with van der Waals surface area (Å²) in [6, 6.07) is 11.3. The lowest BCUT2D eigenvalue weighted by atomic mass is 9.95. The van der Waals surface area contributed by atoms with Gasteiger partial charge in [0, 0.05) is 17.7 Å². The number of nitro benzene ring substituents is 1. The molecule has 1 saturated heterocycles. The summed E-state index contributed by atoms with van der Waals surface area (Å²) in [5.74, 6) is -2.15. The van der Waals surface area contributed by atoms with Gasteiger partial charge in [-0.3, -0.25) is 24.6 Å². The van der Waals surface area contributed by atoms with Gasteiger partial charge in [0.1, 0.15) is 10.8 Å². The molecule has 1 amide bonds. The van der Waals surface area contributed by atoms with Gasteiger partial charge in [-0.2, -0.15) is 0 Å². The molecule has 1 unspecified atom stereocenters. The third kappa shape index (κ3) is 3.57. The number of carbonyl (C=O) groups excluding carboxylic acids is 2. The first-order valence-electron chi connectivity index (χ1n) is 9.20.